The van der Waals surface area contributed by atoms with Gasteiger partial charge in [0.05, 0.1) is 6.07 Å². The molecule has 4 nitrogen and oxygen atoms in total. The Morgan fingerprint density at radius 3 is 1.92 bits per heavy atom. The van der Waals surface area contributed by atoms with Crippen LogP contribution >= 0.6 is 0 Å². The van der Waals surface area contributed by atoms with Gasteiger partial charge in [-0.1, -0.05) is 0 Å². The number of carboxylic acid groups (broad SMARTS) is 1. The number of halogens is 3. The molecule has 0 aliphatic rings. The van der Waals surface area contributed by atoms with E-state index in [1.807, 2.05) is 0 Å². The second-order valence-electron chi connectivity index (χ2n) is 1.76. The number of ketones is 1. The van der Waals surface area contributed by atoms with Crippen LogP contribution in [-0.4, -0.2) is 23.0 Å². The lowest BCUT2D eigenvalue weighted by molar-refractivity contribution is -0.177. The van der Waals surface area contributed by atoms with Crippen LogP contribution in [0.5, 0.6) is 0 Å². The molecule has 0 aromatic rings. The Labute approximate surface area is 64.2 Å². The van der Waals surface area contributed by atoms with Crippen LogP contribution in [0, 0.1) is 17.2 Å². The summed E-state index contributed by atoms with van der Waals surface area (Å²) < 4.78 is 34.4. The number of carboxylic acids is 1. The average Bonchev–Trinajstić information content (AvgIpc) is 1.86. The summed E-state index contributed by atoms with van der Waals surface area (Å²) in [4.78, 5) is 20.0. The Hall–Kier alpha value is -1.58. The van der Waals surface area contributed by atoms with Gasteiger partial charge in [0.25, 0.3) is 5.78 Å². The first-order valence-electron chi connectivity index (χ1n) is 2.54. The maximum Gasteiger partial charge on any atom is 0.452 e. The van der Waals surface area contributed by atoms with Gasteiger partial charge in [-0.05, 0) is 0 Å². The fourth-order valence-electron chi connectivity index (χ4n) is 0.390. The number of rotatable bonds is 2. The van der Waals surface area contributed by atoms with Crippen molar-refractivity contribution in [3.8, 4) is 6.07 Å². The highest BCUT2D eigenvalue weighted by Gasteiger charge is 2.46. The minimum atomic E-state index is -5.28. The predicted molar refractivity (Wildman–Crippen MR) is 27.8 cm³/mol. The Kier molecular flexibility index (Phi) is 2.79. The molecule has 0 saturated heterocycles. The van der Waals surface area contributed by atoms with Gasteiger partial charge >= 0.3 is 12.1 Å². The van der Waals surface area contributed by atoms with E-state index in [4.69, 9.17) is 10.4 Å². The van der Waals surface area contributed by atoms with Gasteiger partial charge in [-0.2, -0.15) is 18.4 Å². The maximum atomic E-state index is 11.5. The number of nitrogens with zero attached hydrogens (tertiary/aromatic N) is 1. The van der Waals surface area contributed by atoms with Gasteiger partial charge in [-0.25, -0.2) is 0 Å². The van der Waals surface area contributed by atoms with Gasteiger partial charge in [-0.3, -0.25) is 9.59 Å². The van der Waals surface area contributed by atoms with E-state index in [1.165, 1.54) is 0 Å². The highest BCUT2D eigenvalue weighted by atomic mass is 19.4. The lowest BCUT2D eigenvalue weighted by Gasteiger charge is -2.05. The number of hydrogen-bond donors (Lipinski definition) is 1. The van der Waals surface area contributed by atoms with Crippen LogP contribution < -0.4 is 0 Å². The summed E-state index contributed by atoms with van der Waals surface area (Å²) in [6, 6.07) is 0.739. The standard InChI is InChI=1S/C5H2F3NO3/c6-5(7,8)3(10)2(1-9)4(11)12/h2H,(H,11,12). The zero-order valence-electron chi connectivity index (χ0n) is 5.42. The lowest BCUT2D eigenvalue weighted by Crippen LogP contribution is -2.34. The van der Waals surface area contributed by atoms with Gasteiger partial charge in [0.2, 0.25) is 5.92 Å². The van der Waals surface area contributed by atoms with E-state index in [9.17, 15) is 22.8 Å². The molecular formula is C5H2F3NO3. The molecule has 0 aromatic carbocycles. The molecule has 12 heavy (non-hydrogen) atoms. The normalized spacial score (nSPS) is 13.2. The van der Waals surface area contributed by atoms with Crippen LogP contribution in [0.2, 0.25) is 0 Å². The van der Waals surface area contributed by atoms with E-state index in [1.54, 1.807) is 0 Å². The Bertz CT molecular complexity index is 252. The van der Waals surface area contributed by atoms with Crippen molar-refractivity contribution >= 4 is 11.8 Å². The molecule has 0 radical (unpaired) electrons. The molecular weight excluding hydrogens is 179 g/mol. The van der Waals surface area contributed by atoms with E-state index in [0.717, 1.165) is 6.07 Å². The number of nitriles is 1. The highest BCUT2D eigenvalue weighted by Crippen LogP contribution is 2.20. The number of aliphatic carboxylic acids is 1. The monoisotopic (exact) mass is 181 g/mol. The predicted octanol–water partition coefficient (Wildman–Crippen LogP) is 0.342. The summed E-state index contributed by atoms with van der Waals surface area (Å²) in [5, 5.41) is 15.8. The van der Waals surface area contributed by atoms with E-state index in [0.29, 0.717) is 0 Å². The molecule has 66 valence electrons. The minimum Gasteiger partial charge on any atom is -0.480 e. The van der Waals surface area contributed by atoms with Crippen molar-refractivity contribution in [2.45, 2.75) is 6.18 Å². The number of carbonyl (C=O) groups excluding carboxylic acids is 1. The molecule has 7 heteroatoms. The van der Waals surface area contributed by atoms with Crippen LogP contribution in [0.1, 0.15) is 0 Å². The third-order valence-electron chi connectivity index (χ3n) is 0.918. The van der Waals surface area contributed by atoms with Crippen molar-refractivity contribution in [3.63, 3.8) is 0 Å². The first-order valence-corrected chi connectivity index (χ1v) is 2.54. The van der Waals surface area contributed by atoms with Crippen molar-refractivity contribution in [2.75, 3.05) is 0 Å². The van der Waals surface area contributed by atoms with E-state index < -0.39 is 23.8 Å². The zero-order valence-corrected chi connectivity index (χ0v) is 5.42. The number of Topliss-reactive ketones (excluding diaryl/α,β-unsaturated/α-hetero) is 1. The summed E-state index contributed by atoms with van der Waals surface area (Å²) in [6.45, 7) is 0. The summed E-state index contributed by atoms with van der Waals surface area (Å²) in [5.41, 5.74) is 0. The topological polar surface area (TPSA) is 78.2 Å². The molecule has 0 spiro atoms. The van der Waals surface area contributed by atoms with Crippen molar-refractivity contribution in [1.29, 1.82) is 5.26 Å². The van der Waals surface area contributed by atoms with Crippen molar-refractivity contribution in [3.05, 3.63) is 0 Å². The second kappa shape index (κ2) is 3.21. The third kappa shape index (κ3) is 2.23. The van der Waals surface area contributed by atoms with Crippen LogP contribution in [-0.2, 0) is 9.59 Å². The molecule has 0 saturated carbocycles. The van der Waals surface area contributed by atoms with E-state index in [2.05, 4.69) is 0 Å². The zero-order chi connectivity index (χ0) is 9.94. The molecule has 0 rings (SSSR count). The number of carbonyl (C=O) groups is 2. The third-order valence-corrected chi connectivity index (χ3v) is 0.918. The quantitative estimate of drug-likeness (QED) is 0.623. The van der Waals surface area contributed by atoms with Crippen LogP contribution in [0.25, 0.3) is 0 Å². The van der Waals surface area contributed by atoms with Crippen LogP contribution in [0.15, 0.2) is 0 Å². The Morgan fingerprint density at radius 2 is 1.83 bits per heavy atom. The van der Waals surface area contributed by atoms with Gasteiger partial charge in [0.1, 0.15) is 0 Å². The second-order valence-corrected chi connectivity index (χ2v) is 1.76. The smallest absolute Gasteiger partial charge is 0.452 e. The molecule has 0 fully saturated rings. The van der Waals surface area contributed by atoms with Gasteiger partial charge in [-0.15, -0.1) is 0 Å². The molecule has 0 amide bonds. The molecule has 1 N–H and O–H groups in total. The van der Waals surface area contributed by atoms with E-state index in [-0.39, 0.29) is 0 Å². The molecule has 0 aliphatic heterocycles. The fraction of sp³-hybridized carbons (Fsp3) is 0.400. The first kappa shape index (κ1) is 10.4. The van der Waals surface area contributed by atoms with E-state index >= 15 is 0 Å². The summed E-state index contributed by atoms with van der Waals surface area (Å²) in [5.74, 6) is -7.32. The maximum absolute atomic E-state index is 11.5. The highest BCUT2D eigenvalue weighted by molar-refractivity contribution is 6.03. The van der Waals surface area contributed by atoms with Crippen molar-refractivity contribution < 1.29 is 27.9 Å². The number of hydrogen-bond acceptors (Lipinski definition) is 3. The minimum absolute atomic E-state index is 0.739. The fourth-order valence-corrected chi connectivity index (χ4v) is 0.390. The Balaban J connectivity index is 4.70. The molecule has 1 atom stereocenters. The molecule has 1 unspecified atom stereocenters. The number of alkyl halides is 3. The largest absolute Gasteiger partial charge is 0.480 e. The molecule has 0 heterocycles. The Morgan fingerprint density at radius 1 is 1.42 bits per heavy atom. The molecule has 0 bridgehead atoms. The summed E-state index contributed by atoms with van der Waals surface area (Å²) >= 11 is 0. The first-order chi connectivity index (χ1) is 5.30. The average molecular weight is 181 g/mol. The van der Waals surface area contributed by atoms with Gasteiger partial charge in [0.15, 0.2) is 0 Å². The van der Waals surface area contributed by atoms with Gasteiger partial charge in [0, 0.05) is 0 Å². The van der Waals surface area contributed by atoms with Crippen LogP contribution in [0.4, 0.5) is 13.2 Å². The SMILES string of the molecule is N#CC(C(=O)O)C(=O)C(F)(F)F. The molecule has 0 aliphatic carbocycles. The molecule has 0 aromatic heterocycles. The van der Waals surface area contributed by atoms with Crippen LogP contribution in [0.3, 0.4) is 0 Å². The van der Waals surface area contributed by atoms with Crippen molar-refractivity contribution in [1.82, 2.24) is 0 Å². The summed E-state index contributed by atoms with van der Waals surface area (Å²) in [7, 11) is 0. The lowest BCUT2D eigenvalue weighted by atomic mass is 10.1. The summed E-state index contributed by atoms with van der Waals surface area (Å²) in [6.07, 6.45) is -5.28. The van der Waals surface area contributed by atoms with Gasteiger partial charge < -0.3 is 5.11 Å². The van der Waals surface area contributed by atoms with Crippen molar-refractivity contribution in [2.24, 2.45) is 5.92 Å².